The minimum Gasteiger partial charge on any atom is -0.468 e. The molecule has 0 aromatic carbocycles. The van der Waals surface area contributed by atoms with Gasteiger partial charge in [0.1, 0.15) is 11.6 Å². The molecule has 0 bridgehead atoms. The number of nitrogens with one attached hydrogen (secondary N) is 2. The highest BCUT2D eigenvalue weighted by Crippen LogP contribution is 2.27. The number of guanidine groups is 1. The van der Waals surface area contributed by atoms with Gasteiger partial charge in [0, 0.05) is 31.9 Å². The Kier molecular flexibility index (Phi) is 7.12. The number of hydrogen-bond acceptors (Lipinski definition) is 5. The Morgan fingerprint density at radius 2 is 2.17 bits per heavy atom. The maximum Gasteiger partial charge on any atom is 0.191 e. The van der Waals surface area contributed by atoms with Crippen LogP contribution >= 0.6 is 11.6 Å². The first-order valence-electron chi connectivity index (χ1n) is 10.9. The lowest BCUT2D eigenvalue weighted by atomic mass is 10.2. The summed E-state index contributed by atoms with van der Waals surface area (Å²) in [5, 5.41) is 7.70. The van der Waals surface area contributed by atoms with Gasteiger partial charge in [-0.25, -0.2) is 4.98 Å². The first kappa shape index (κ1) is 21.0. The maximum absolute atomic E-state index is 6.33. The molecular weight excluding hydrogens is 400 g/mol. The second-order valence-electron chi connectivity index (χ2n) is 7.88. The molecule has 2 unspecified atom stereocenters. The lowest BCUT2D eigenvalue weighted by Crippen LogP contribution is -2.45. The third-order valence-electron chi connectivity index (χ3n) is 5.79. The van der Waals surface area contributed by atoms with Crippen LogP contribution in [0.15, 0.2) is 46.1 Å². The molecule has 0 spiro atoms. The summed E-state index contributed by atoms with van der Waals surface area (Å²) in [4.78, 5) is 14.1. The molecule has 2 saturated heterocycles. The average Bonchev–Trinajstić information content (AvgIpc) is 3.52. The second-order valence-corrected chi connectivity index (χ2v) is 8.29. The van der Waals surface area contributed by atoms with Gasteiger partial charge in [0.25, 0.3) is 0 Å². The van der Waals surface area contributed by atoms with Crippen LogP contribution in [0.4, 0.5) is 5.82 Å². The van der Waals surface area contributed by atoms with E-state index in [-0.39, 0.29) is 6.04 Å². The summed E-state index contributed by atoms with van der Waals surface area (Å²) in [6.45, 7) is 7.58. The van der Waals surface area contributed by atoms with E-state index in [0.717, 1.165) is 56.7 Å². The van der Waals surface area contributed by atoms with Crippen molar-refractivity contribution in [3.8, 4) is 0 Å². The van der Waals surface area contributed by atoms with Crippen molar-refractivity contribution in [1.82, 2.24) is 20.5 Å². The number of furan rings is 1. The van der Waals surface area contributed by atoms with E-state index in [1.54, 1.807) is 12.5 Å². The van der Waals surface area contributed by atoms with E-state index in [2.05, 4.69) is 38.4 Å². The zero-order valence-electron chi connectivity index (χ0n) is 17.6. The van der Waals surface area contributed by atoms with E-state index in [0.29, 0.717) is 17.6 Å². The van der Waals surface area contributed by atoms with Gasteiger partial charge in [-0.3, -0.25) is 9.89 Å². The summed E-state index contributed by atoms with van der Waals surface area (Å²) >= 11 is 6.33. The van der Waals surface area contributed by atoms with E-state index in [1.807, 2.05) is 18.2 Å². The fourth-order valence-electron chi connectivity index (χ4n) is 4.29. The molecule has 2 N–H and O–H groups in total. The average molecular weight is 431 g/mol. The van der Waals surface area contributed by atoms with Crippen LogP contribution in [-0.4, -0.2) is 61.2 Å². The lowest BCUT2D eigenvalue weighted by molar-refractivity contribution is 0.221. The van der Waals surface area contributed by atoms with Crippen molar-refractivity contribution in [2.45, 2.75) is 38.3 Å². The van der Waals surface area contributed by atoms with E-state index < -0.39 is 0 Å². The number of halogens is 1. The van der Waals surface area contributed by atoms with Crippen LogP contribution in [-0.2, 0) is 0 Å². The van der Waals surface area contributed by atoms with Gasteiger partial charge in [-0.2, -0.15) is 0 Å². The molecule has 2 aromatic rings. The van der Waals surface area contributed by atoms with Crippen LogP contribution in [0.3, 0.4) is 0 Å². The second kappa shape index (κ2) is 10.2. The van der Waals surface area contributed by atoms with Crippen LogP contribution in [0.5, 0.6) is 0 Å². The molecule has 30 heavy (non-hydrogen) atoms. The van der Waals surface area contributed by atoms with Crippen molar-refractivity contribution in [2.24, 2.45) is 4.99 Å². The standard InChI is InChI=1S/C22H31ClN6O/c1-2-24-22(26-15-19(20-8-6-14-30-20)28-11-3-4-12-28)27-17-9-13-29(16-17)21-18(23)7-5-10-25-21/h5-8,10,14,17,19H,2-4,9,11-13,15-16H2,1H3,(H2,24,26,27). The van der Waals surface area contributed by atoms with Gasteiger partial charge in [0.05, 0.1) is 23.9 Å². The van der Waals surface area contributed by atoms with E-state index >= 15 is 0 Å². The number of hydrogen-bond donors (Lipinski definition) is 2. The number of rotatable bonds is 7. The van der Waals surface area contributed by atoms with Gasteiger partial charge in [-0.05, 0) is 63.5 Å². The Morgan fingerprint density at radius 1 is 1.30 bits per heavy atom. The molecule has 4 heterocycles. The Bertz CT molecular complexity index is 821. The summed E-state index contributed by atoms with van der Waals surface area (Å²) < 4.78 is 5.73. The molecule has 2 atom stereocenters. The molecule has 0 radical (unpaired) electrons. The first-order valence-corrected chi connectivity index (χ1v) is 11.3. The zero-order valence-corrected chi connectivity index (χ0v) is 18.3. The molecule has 2 aliphatic rings. The molecule has 8 heteroatoms. The lowest BCUT2D eigenvalue weighted by Gasteiger charge is -2.25. The van der Waals surface area contributed by atoms with Gasteiger partial charge in [0.2, 0.25) is 0 Å². The van der Waals surface area contributed by atoms with Crippen LogP contribution in [0.1, 0.15) is 38.0 Å². The van der Waals surface area contributed by atoms with E-state index in [4.69, 9.17) is 21.0 Å². The monoisotopic (exact) mass is 430 g/mol. The van der Waals surface area contributed by atoms with Crippen LogP contribution < -0.4 is 15.5 Å². The molecule has 2 fully saturated rings. The van der Waals surface area contributed by atoms with Crippen molar-refractivity contribution >= 4 is 23.4 Å². The topological polar surface area (TPSA) is 68.9 Å². The van der Waals surface area contributed by atoms with Gasteiger partial charge >= 0.3 is 0 Å². The smallest absolute Gasteiger partial charge is 0.191 e. The third kappa shape index (κ3) is 5.08. The Labute approximate surface area is 183 Å². The number of aromatic nitrogens is 1. The minimum absolute atomic E-state index is 0.186. The zero-order chi connectivity index (χ0) is 20.8. The van der Waals surface area contributed by atoms with Crippen molar-refractivity contribution < 1.29 is 4.42 Å². The molecule has 2 aromatic heterocycles. The summed E-state index contributed by atoms with van der Waals surface area (Å²) in [5.74, 6) is 2.71. The van der Waals surface area contributed by atoms with E-state index in [1.165, 1.54) is 12.8 Å². The molecule has 162 valence electrons. The summed E-state index contributed by atoms with van der Waals surface area (Å²) in [6.07, 6.45) is 7.05. The largest absolute Gasteiger partial charge is 0.468 e. The predicted octanol–water partition coefficient (Wildman–Crippen LogP) is 3.30. The van der Waals surface area contributed by atoms with Crippen molar-refractivity contribution in [3.63, 3.8) is 0 Å². The highest BCUT2D eigenvalue weighted by molar-refractivity contribution is 6.32. The number of nitrogens with zero attached hydrogens (tertiary/aromatic N) is 4. The SMILES string of the molecule is CCNC(=NCC(c1ccco1)N1CCCC1)NC1CCN(c2ncccc2Cl)C1. The minimum atomic E-state index is 0.186. The van der Waals surface area contributed by atoms with Gasteiger partial charge < -0.3 is 20.0 Å². The first-order chi connectivity index (χ1) is 14.7. The van der Waals surface area contributed by atoms with Crippen molar-refractivity contribution in [3.05, 3.63) is 47.5 Å². The van der Waals surface area contributed by atoms with Gasteiger partial charge in [-0.1, -0.05) is 11.6 Å². The summed E-state index contributed by atoms with van der Waals surface area (Å²) in [5.41, 5.74) is 0. The summed E-state index contributed by atoms with van der Waals surface area (Å²) in [6, 6.07) is 8.26. The number of anilines is 1. The number of aliphatic imine (C=N–C) groups is 1. The number of pyridine rings is 1. The molecule has 7 nitrogen and oxygen atoms in total. The molecule has 0 saturated carbocycles. The summed E-state index contributed by atoms with van der Waals surface area (Å²) in [7, 11) is 0. The van der Waals surface area contributed by atoms with Crippen molar-refractivity contribution in [2.75, 3.05) is 44.2 Å². The molecular formula is C22H31ClN6O. The highest BCUT2D eigenvalue weighted by atomic mass is 35.5. The third-order valence-corrected chi connectivity index (χ3v) is 6.08. The van der Waals surface area contributed by atoms with Gasteiger partial charge in [0.15, 0.2) is 5.96 Å². The van der Waals surface area contributed by atoms with Crippen LogP contribution in [0.2, 0.25) is 5.02 Å². The predicted molar refractivity (Wildman–Crippen MR) is 121 cm³/mol. The van der Waals surface area contributed by atoms with Crippen molar-refractivity contribution in [1.29, 1.82) is 0 Å². The van der Waals surface area contributed by atoms with Crippen LogP contribution in [0, 0.1) is 0 Å². The van der Waals surface area contributed by atoms with Gasteiger partial charge in [-0.15, -0.1) is 0 Å². The normalized spacial score (nSPS) is 21.2. The molecule has 0 aliphatic carbocycles. The fourth-order valence-corrected chi connectivity index (χ4v) is 4.53. The Balaban J connectivity index is 1.40. The number of likely N-dealkylation sites (tertiary alicyclic amines) is 1. The fraction of sp³-hybridized carbons (Fsp3) is 0.545. The highest BCUT2D eigenvalue weighted by Gasteiger charge is 2.27. The Morgan fingerprint density at radius 3 is 2.90 bits per heavy atom. The molecule has 2 aliphatic heterocycles. The molecule has 4 rings (SSSR count). The molecule has 0 amide bonds. The Hall–Kier alpha value is -2.25. The van der Waals surface area contributed by atoms with Crippen LogP contribution in [0.25, 0.3) is 0 Å². The van der Waals surface area contributed by atoms with E-state index in [9.17, 15) is 0 Å². The maximum atomic E-state index is 6.33. The quantitative estimate of drug-likeness (QED) is 0.519.